The van der Waals surface area contributed by atoms with E-state index >= 15 is 0 Å². The predicted molar refractivity (Wildman–Crippen MR) is 48.0 cm³/mol. The van der Waals surface area contributed by atoms with E-state index < -0.39 is 12.0 Å². The van der Waals surface area contributed by atoms with Crippen molar-refractivity contribution in [3.05, 3.63) is 35.9 Å². The average Bonchev–Trinajstić information content (AvgIpc) is 2.26. The van der Waals surface area contributed by atoms with E-state index in [0.717, 1.165) is 7.11 Å². The van der Waals surface area contributed by atoms with Crippen LogP contribution in [0.5, 0.6) is 0 Å². The molecule has 1 aromatic rings. The highest BCUT2D eigenvalue weighted by Gasteiger charge is 2.03. The molecule has 14 heavy (non-hydrogen) atoms. The Morgan fingerprint density at radius 2 is 1.79 bits per heavy atom. The fourth-order valence-electron chi connectivity index (χ4n) is 0.766. The molecule has 0 atom stereocenters. The first-order valence-corrected chi connectivity index (χ1v) is 3.83. The smallest absolute Gasteiger partial charge is 0.450 e. The van der Waals surface area contributed by atoms with Crippen LogP contribution in [0, 0.1) is 0 Å². The molecular formula is C9H8N2O3. The molecule has 0 aromatic heterocycles. The Morgan fingerprint density at radius 3 is 2.36 bits per heavy atom. The maximum Gasteiger partial charge on any atom is 0.452 e. The zero-order valence-corrected chi connectivity index (χ0v) is 7.51. The molecule has 0 bridgehead atoms. The number of amides is 2. The van der Waals surface area contributed by atoms with Crippen LogP contribution < -0.4 is 0 Å². The summed E-state index contributed by atoms with van der Waals surface area (Å²) in [5.41, 5.74) is 0.375. The third-order valence-electron chi connectivity index (χ3n) is 1.42. The quantitative estimate of drug-likeness (QED) is 0.639. The summed E-state index contributed by atoms with van der Waals surface area (Å²) in [6.07, 6.45) is -0.894. The maximum atomic E-state index is 11.2. The Morgan fingerprint density at radius 1 is 1.14 bits per heavy atom. The van der Waals surface area contributed by atoms with Crippen molar-refractivity contribution in [1.82, 2.24) is 0 Å². The molecule has 0 aliphatic carbocycles. The largest absolute Gasteiger partial charge is 0.452 e. The van der Waals surface area contributed by atoms with Crippen LogP contribution in [-0.2, 0) is 4.74 Å². The van der Waals surface area contributed by atoms with Crippen LogP contribution in [0.25, 0.3) is 0 Å². The van der Waals surface area contributed by atoms with Gasteiger partial charge in [0.15, 0.2) is 0 Å². The SMILES string of the molecule is COC(=O)/N=N/C(=O)c1ccccc1. The van der Waals surface area contributed by atoms with Crippen molar-refractivity contribution >= 4 is 12.0 Å². The minimum absolute atomic E-state index is 0.375. The molecule has 5 heteroatoms. The first-order chi connectivity index (χ1) is 6.74. The number of nitrogens with zero attached hydrogens (tertiary/aromatic N) is 2. The van der Waals surface area contributed by atoms with Gasteiger partial charge in [0, 0.05) is 5.56 Å². The van der Waals surface area contributed by atoms with Crippen LogP contribution in [0.15, 0.2) is 40.6 Å². The van der Waals surface area contributed by atoms with E-state index in [1.807, 2.05) is 0 Å². The highest BCUT2D eigenvalue weighted by atomic mass is 16.5. The van der Waals surface area contributed by atoms with Gasteiger partial charge in [0.05, 0.1) is 7.11 Å². The van der Waals surface area contributed by atoms with Gasteiger partial charge in [0.25, 0.3) is 5.91 Å². The Labute approximate surface area is 80.4 Å². The summed E-state index contributed by atoms with van der Waals surface area (Å²) in [4.78, 5) is 21.7. The molecule has 72 valence electrons. The average molecular weight is 192 g/mol. The van der Waals surface area contributed by atoms with E-state index in [9.17, 15) is 9.59 Å². The van der Waals surface area contributed by atoms with Crippen molar-refractivity contribution in [3.63, 3.8) is 0 Å². The maximum absolute atomic E-state index is 11.2. The van der Waals surface area contributed by atoms with E-state index in [0.29, 0.717) is 5.56 Å². The second-order valence-corrected chi connectivity index (χ2v) is 2.34. The molecule has 0 saturated heterocycles. The van der Waals surface area contributed by atoms with Crippen LogP contribution in [0.3, 0.4) is 0 Å². The van der Waals surface area contributed by atoms with Crippen molar-refractivity contribution < 1.29 is 14.3 Å². The number of hydrogen-bond donors (Lipinski definition) is 0. The third-order valence-corrected chi connectivity index (χ3v) is 1.42. The number of ether oxygens (including phenoxy) is 1. The van der Waals surface area contributed by atoms with E-state index in [1.165, 1.54) is 0 Å². The minimum Gasteiger partial charge on any atom is -0.450 e. The standard InChI is InChI=1S/C9H8N2O3/c1-14-9(13)11-10-8(12)7-5-3-2-4-6-7/h2-6H,1H3/b11-10+. The first-order valence-electron chi connectivity index (χ1n) is 3.83. The van der Waals surface area contributed by atoms with Crippen LogP contribution in [0.1, 0.15) is 10.4 Å². The topological polar surface area (TPSA) is 68.1 Å². The predicted octanol–water partition coefficient (Wildman–Crippen LogP) is 2.05. The molecule has 1 rings (SSSR count). The first kappa shape index (κ1) is 10.0. The van der Waals surface area contributed by atoms with Gasteiger partial charge < -0.3 is 4.74 Å². The molecule has 0 heterocycles. The van der Waals surface area contributed by atoms with E-state index in [4.69, 9.17) is 0 Å². The van der Waals surface area contributed by atoms with Gasteiger partial charge in [-0.2, -0.15) is 0 Å². The normalized spacial score (nSPS) is 10.1. The van der Waals surface area contributed by atoms with Crippen LogP contribution in [0.2, 0.25) is 0 Å². The molecule has 0 aliphatic rings. The molecule has 0 unspecified atom stereocenters. The van der Waals surface area contributed by atoms with Gasteiger partial charge in [0.1, 0.15) is 0 Å². The molecule has 0 fully saturated rings. The highest BCUT2D eigenvalue weighted by Crippen LogP contribution is 2.01. The zero-order chi connectivity index (χ0) is 10.4. The molecule has 5 nitrogen and oxygen atoms in total. The van der Waals surface area contributed by atoms with Crippen molar-refractivity contribution in [2.45, 2.75) is 0 Å². The molecule has 1 aromatic carbocycles. The number of hydrogen-bond acceptors (Lipinski definition) is 3. The molecule has 0 radical (unpaired) electrons. The fraction of sp³-hybridized carbons (Fsp3) is 0.111. The lowest BCUT2D eigenvalue weighted by molar-refractivity contribution is 0.0990. The Kier molecular flexibility index (Phi) is 3.49. The summed E-state index contributed by atoms with van der Waals surface area (Å²) >= 11 is 0. The molecular weight excluding hydrogens is 184 g/mol. The van der Waals surface area contributed by atoms with Gasteiger partial charge in [0.2, 0.25) is 0 Å². The fourth-order valence-corrected chi connectivity index (χ4v) is 0.766. The van der Waals surface area contributed by atoms with Gasteiger partial charge in [-0.25, -0.2) is 4.79 Å². The zero-order valence-electron chi connectivity index (χ0n) is 7.51. The summed E-state index contributed by atoms with van der Waals surface area (Å²) in [5, 5.41) is 6.21. The van der Waals surface area contributed by atoms with Crippen LogP contribution >= 0.6 is 0 Å². The van der Waals surface area contributed by atoms with Gasteiger partial charge >= 0.3 is 6.09 Å². The molecule has 0 aliphatic heterocycles. The van der Waals surface area contributed by atoms with Crippen molar-refractivity contribution in [2.75, 3.05) is 7.11 Å². The number of carbonyl (C=O) groups excluding carboxylic acids is 2. The lowest BCUT2D eigenvalue weighted by Gasteiger charge is -1.91. The van der Waals surface area contributed by atoms with Crippen molar-refractivity contribution in [3.8, 4) is 0 Å². The van der Waals surface area contributed by atoms with E-state index in [1.54, 1.807) is 30.3 Å². The summed E-state index contributed by atoms with van der Waals surface area (Å²) in [6.45, 7) is 0. The molecule has 0 saturated carbocycles. The van der Waals surface area contributed by atoms with E-state index in [-0.39, 0.29) is 0 Å². The minimum atomic E-state index is -0.894. The summed E-state index contributed by atoms with van der Waals surface area (Å²) in [6, 6.07) is 8.33. The Hall–Kier alpha value is -2.04. The Bertz CT molecular complexity index is 360. The van der Waals surface area contributed by atoms with Gasteiger partial charge in [-0.1, -0.05) is 28.4 Å². The lowest BCUT2D eigenvalue weighted by atomic mass is 10.2. The third kappa shape index (κ3) is 2.78. The summed E-state index contributed by atoms with van der Waals surface area (Å²) < 4.78 is 4.18. The number of carbonyl (C=O) groups is 2. The number of azo groups is 1. The van der Waals surface area contributed by atoms with Crippen LogP contribution in [0.4, 0.5) is 4.79 Å². The number of benzene rings is 1. The van der Waals surface area contributed by atoms with Crippen LogP contribution in [-0.4, -0.2) is 19.1 Å². The van der Waals surface area contributed by atoms with Crippen molar-refractivity contribution in [2.24, 2.45) is 10.2 Å². The monoisotopic (exact) mass is 192 g/mol. The molecule has 0 N–H and O–H groups in total. The lowest BCUT2D eigenvalue weighted by Crippen LogP contribution is -1.96. The van der Waals surface area contributed by atoms with Gasteiger partial charge in [-0.05, 0) is 12.1 Å². The van der Waals surface area contributed by atoms with Crippen molar-refractivity contribution in [1.29, 1.82) is 0 Å². The van der Waals surface area contributed by atoms with Gasteiger partial charge in [-0.3, -0.25) is 4.79 Å². The number of methoxy groups -OCH3 is 1. The molecule has 2 amide bonds. The second kappa shape index (κ2) is 4.86. The second-order valence-electron chi connectivity index (χ2n) is 2.34. The summed E-state index contributed by atoms with van der Waals surface area (Å²) in [7, 11) is 1.16. The highest BCUT2D eigenvalue weighted by molar-refractivity contribution is 5.95. The number of rotatable bonds is 1. The van der Waals surface area contributed by atoms with E-state index in [2.05, 4.69) is 15.0 Å². The van der Waals surface area contributed by atoms with Gasteiger partial charge in [-0.15, -0.1) is 0 Å². The summed E-state index contributed by atoms with van der Waals surface area (Å²) in [5.74, 6) is -0.573. The molecule has 0 spiro atoms. The Balaban J connectivity index is 2.69.